The van der Waals surface area contributed by atoms with Crippen LogP contribution in [0.3, 0.4) is 0 Å². The van der Waals surface area contributed by atoms with Crippen molar-refractivity contribution in [3.05, 3.63) is 51.2 Å². The summed E-state index contributed by atoms with van der Waals surface area (Å²) in [6.45, 7) is 0.330. The Labute approximate surface area is 139 Å². The van der Waals surface area contributed by atoms with Gasteiger partial charge in [-0.15, -0.1) is 0 Å². The van der Waals surface area contributed by atoms with Gasteiger partial charge in [-0.2, -0.15) is 0 Å². The van der Waals surface area contributed by atoms with Gasteiger partial charge in [0.25, 0.3) is 0 Å². The number of aromatic nitrogens is 1. The summed E-state index contributed by atoms with van der Waals surface area (Å²) in [5.74, 6) is 1.15. The molecule has 1 aromatic carbocycles. The van der Waals surface area contributed by atoms with E-state index < -0.39 is 0 Å². The summed E-state index contributed by atoms with van der Waals surface area (Å²) in [5, 5.41) is 1.23. The number of benzene rings is 1. The molecule has 0 amide bonds. The molecule has 106 valence electrons. The van der Waals surface area contributed by atoms with Gasteiger partial charge in [-0.3, -0.25) is 4.98 Å². The van der Waals surface area contributed by atoms with E-state index in [0.717, 1.165) is 15.7 Å². The predicted octanol–water partition coefficient (Wildman–Crippen LogP) is 4.98. The quantitative estimate of drug-likeness (QED) is 0.638. The van der Waals surface area contributed by atoms with E-state index in [4.69, 9.17) is 21.1 Å². The number of halogens is 3. The second kappa shape index (κ2) is 7.29. The van der Waals surface area contributed by atoms with Crippen LogP contribution < -0.4 is 9.47 Å². The number of pyridine rings is 1. The molecule has 0 fully saturated rings. The largest absolute Gasteiger partial charge is 0.493 e. The van der Waals surface area contributed by atoms with Crippen molar-refractivity contribution < 1.29 is 9.47 Å². The Morgan fingerprint density at radius 2 is 2.10 bits per heavy atom. The smallest absolute Gasteiger partial charge is 0.180 e. The third-order valence-electron chi connectivity index (χ3n) is 2.60. The lowest BCUT2D eigenvalue weighted by atomic mass is 10.2. The fourth-order valence-corrected chi connectivity index (χ4v) is 2.47. The molecular weight excluding hydrogens is 409 g/mol. The molecule has 0 bridgehead atoms. The molecule has 0 aliphatic heterocycles. The van der Waals surface area contributed by atoms with E-state index in [1.807, 2.05) is 24.3 Å². The molecule has 3 nitrogen and oxygen atoms in total. The Kier molecular flexibility index (Phi) is 5.69. The topological polar surface area (TPSA) is 31.4 Å². The highest BCUT2D eigenvalue weighted by molar-refractivity contribution is 9.10. The van der Waals surface area contributed by atoms with Crippen LogP contribution in [0.2, 0.25) is 5.02 Å². The van der Waals surface area contributed by atoms with Gasteiger partial charge in [0, 0.05) is 16.0 Å². The average molecular weight is 422 g/mol. The molecule has 0 saturated carbocycles. The highest BCUT2D eigenvalue weighted by atomic mass is 79.9. The molecular formula is C14H12Br2ClNO2. The highest BCUT2D eigenvalue weighted by Crippen LogP contribution is 2.37. The third-order valence-corrected chi connectivity index (χ3v) is 3.99. The van der Waals surface area contributed by atoms with Gasteiger partial charge < -0.3 is 9.47 Å². The minimum atomic E-state index is 0.330. The second-order valence-corrected chi connectivity index (χ2v) is 5.88. The molecule has 0 N–H and O–H groups in total. The Morgan fingerprint density at radius 3 is 2.70 bits per heavy atom. The molecule has 1 aromatic heterocycles. The number of hydrogen-bond acceptors (Lipinski definition) is 3. The van der Waals surface area contributed by atoms with Gasteiger partial charge in [-0.25, -0.2) is 0 Å². The van der Waals surface area contributed by atoms with Crippen LogP contribution in [-0.2, 0) is 11.9 Å². The molecule has 20 heavy (non-hydrogen) atoms. The van der Waals surface area contributed by atoms with Crippen LogP contribution in [0.15, 0.2) is 34.9 Å². The van der Waals surface area contributed by atoms with Crippen LogP contribution >= 0.6 is 43.5 Å². The maximum absolute atomic E-state index is 6.23. The normalized spacial score (nSPS) is 10.4. The summed E-state index contributed by atoms with van der Waals surface area (Å²) in [5.41, 5.74) is 1.84. The van der Waals surface area contributed by atoms with E-state index in [1.165, 1.54) is 0 Å². The summed E-state index contributed by atoms with van der Waals surface area (Å²) in [6, 6.07) is 7.55. The number of methoxy groups -OCH3 is 1. The lowest BCUT2D eigenvalue weighted by Gasteiger charge is -2.13. The Balaban J connectivity index is 2.18. The predicted molar refractivity (Wildman–Crippen MR) is 86.9 cm³/mol. The Hall–Kier alpha value is -0.780. The summed E-state index contributed by atoms with van der Waals surface area (Å²) in [7, 11) is 1.59. The average Bonchev–Trinajstić information content (AvgIpc) is 2.47. The van der Waals surface area contributed by atoms with E-state index in [1.54, 1.807) is 13.3 Å². The van der Waals surface area contributed by atoms with Gasteiger partial charge in [0.1, 0.15) is 6.61 Å². The highest BCUT2D eigenvalue weighted by Gasteiger charge is 2.12. The molecule has 0 radical (unpaired) electrons. The van der Waals surface area contributed by atoms with Crippen molar-refractivity contribution in [2.45, 2.75) is 11.9 Å². The SMILES string of the molecule is COc1cc(CBr)cc(Cl)c1OCc1ccc(Br)cn1. The first kappa shape index (κ1) is 15.6. The zero-order valence-electron chi connectivity index (χ0n) is 10.7. The van der Waals surface area contributed by atoms with Gasteiger partial charge >= 0.3 is 0 Å². The molecule has 0 unspecified atom stereocenters. The number of rotatable bonds is 5. The van der Waals surface area contributed by atoms with E-state index in [9.17, 15) is 0 Å². The summed E-state index contributed by atoms with van der Waals surface area (Å²) >= 11 is 13.0. The van der Waals surface area contributed by atoms with Crippen molar-refractivity contribution in [1.29, 1.82) is 0 Å². The lowest BCUT2D eigenvalue weighted by Crippen LogP contribution is -2.00. The molecule has 0 spiro atoms. The molecule has 0 saturated heterocycles. The molecule has 0 aliphatic rings. The fraction of sp³-hybridized carbons (Fsp3) is 0.214. The standard InChI is InChI=1S/C14H12Br2ClNO2/c1-19-13-5-9(6-15)4-12(17)14(13)20-8-11-3-2-10(16)7-18-11/h2-5,7H,6,8H2,1H3. The van der Waals surface area contributed by atoms with E-state index >= 15 is 0 Å². The summed E-state index contributed by atoms with van der Waals surface area (Å²) in [6.07, 6.45) is 1.73. The van der Waals surface area contributed by atoms with Crippen molar-refractivity contribution in [2.24, 2.45) is 0 Å². The van der Waals surface area contributed by atoms with E-state index in [2.05, 4.69) is 36.8 Å². The minimum Gasteiger partial charge on any atom is -0.493 e. The maximum Gasteiger partial charge on any atom is 0.180 e. The van der Waals surface area contributed by atoms with Crippen LogP contribution in [0.5, 0.6) is 11.5 Å². The van der Waals surface area contributed by atoms with Crippen LogP contribution in [0.25, 0.3) is 0 Å². The first-order chi connectivity index (χ1) is 9.63. The molecule has 2 rings (SSSR count). The maximum atomic E-state index is 6.23. The number of nitrogens with zero attached hydrogens (tertiary/aromatic N) is 1. The Bertz CT molecular complexity index is 590. The zero-order chi connectivity index (χ0) is 14.5. The van der Waals surface area contributed by atoms with E-state index in [0.29, 0.717) is 28.5 Å². The first-order valence-corrected chi connectivity index (χ1v) is 8.09. The van der Waals surface area contributed by atoms with Gasteiger partial charge in [0.05, 0.1) is 17.8 Å². The van der Waals surface area contributed by atoms with Crippen LogP contribution in [0.1, 0.15) is 11.3 Å². The number of hydrogen-bond donors (Lipinski definition) is 0. The van der Waals surface area contributed by atoms with Crippen LogP contribution in [-0.4, -0.2) is 12.1 Å². The van der Waals surface area contributed by atoms with Gasteiger partial charge in [0.2, 0.25) is 0 Å². The van der Waals surface area contributed by atoms with Gasteiger partial charge in [-0.05, 0) is 45.8 Å². The van der Waals surface area contributed by atoms with Crippen molar-refractivity contribution in [1.82, 2.24) is 4.98 Å². The molecule has 2 aromatic rings. The van der Waals surface area contributed by atoms with Crippen molar-refractivity contribution in [2.75, 3.05) is 7.11 Å². The van der Waals surface area contributed by atoms with Crippen molar-refractivity contribution >= 4 is 43.5 Å². The first-order valence-electron chi connectivity index (χ1n) is 5.79. The van der Waals surface area contributed by atoms with Crippen LogP contribution in [0, 0.1) is 0 Å². The van der Waals surface area contributed by atoms with Crippen molar-refractivity contribution in [3.8, 4) is 11.5 Å². The van der Waals surface area contributed by atoms with Crippen molar-refractivity contribution in [3.63, 3.8) is 0 Å². The molecule has 1 heterocycles. The molecule has 6 heteroatoms. The van der Waals surface area contributed by atoms with E-state index in [-0.39, 0.29) is 0 Å². The van der Waals surface area contributed by atoms with Gasteiger partial charge in [-0.1, -0.05) is 27.5 Å². The lowest BCUT2D eigenvalue weighted by molar-refractivity contribution is 0.281. The third kappa shape index (κ3) is 3.87. The fourth-order valence-electron chi connectivity index (χ4n) is 1.63. The number of ether oxygens (including phenoxy) is 2. The summed E-state index contributed by atoms with van der Waals surface area (Å²) < 4.78 is 12.0. The second-order valence-electron chi connectivity index (χ2n) is 4.00. The van der Waals surface area contributed by atoms with Crippen LogP contribution in [0.4, 0.5) is 0 Å². The molecule has 0 atom stereocenters. The zero-order valence-corrected chi connectivity index (χ0v) is 14.6. The summed E-state index contributed by atoms with van der Waals surface area (Å²) in [4.78, 5) is 4.25. The Morgan fingerprint density at radius 1 is 1.30 bits per heavy atom. The van der Waals surface area contributed by atoms with Gasteiger partial charge in [0.15, 0.2) is 11.5 Å². The minimum absolute atomic E-state index is 0.330. The number of alkyl halides is 1. The monoisotopic (exact) mass is 419 g/mol. The molecule has 0 aliphatic carbocycles.